The molecule has 0 aromatic rings. The normalized spacial score (nSPS) is 33.8. The molecule has 44 heavy (non-hydrogen) atoms. The highest BCUT2D eigenvalue weighted by atomic mass is 32.2. The highest BCUT2D eigenvalue weighted by Gasteiger charge is 2.58. The number of hydrogen-bond acceptors (Lipinski definition) is 4. The minimum absolute atomic E-state index is 0.0655. The lowest BCUT2D eigenvalue weighted by molar-refractivity contribution is -0.136. The molecule has 4 rings (SSSR count). The van der Waals surface area contributed by atoms with Gasteiger partial charge in [-0.05, 0) is 132 Å². The summed E-state index contributed by atoms with van der Waals surface area (Å²) in [4.78, 5) is 23.8. The van der Waals surface area contributed by atoms with Gasteiger partial charge in [-0.3, -0.25) is 9.59 Å². The van der Waals surface area contributed by atoms with Gasteiger partial charge in [0, 0.05) is 17.4 Å². The van der Waals surface area contributed by atoms with Crippen LogP contribution >= 0.6 is 11.8 Å². The number of allylic oxidation sites excluding steroid dienone is 2. The lowest BCUT2D eigenvalue weighted by atomic mass is 9.47. The third kappa shape index (κ3) is 8.72. The fraction of sp³-hybridized carbons (Fsp3) is 0.895. The van der Waals surface area contributed by atoms with Crippen LogP contribution in [-0.4, -0.2) is 40.7 Å². The van der Waals surface area contributed by atoms with Crippen molar-refractivity contribution in [2.24, 2.45) is 40.4 Å². The number of unbranched alkanes of at least 4 members (excludes halogenated alkanes) is 1. The van der Waals surface area contributed by atoms with Gasteiger partial charge < -0.3 is 10.1 Å². The van der Waals surface area contributed by atoms with E-state index in [1.807, 2.05) is 25.6 Å². The van der Waals surface area contributed by atoms with E-state index in [9.17, 15) is 14.0 Å². The maximum atomic E-state index is 12.9. The molecule has 7 atom stereocenters. The molecule has 3 saturated carbocycles. The largest absolute Gasteiger partial charge is 0.375 e. The van der Waals surface area contributed by atoms with Crippen LogP contribution in [0.15, 0.2) is 11.6 Å². The number of fused-ring (bicyclic) bond motifs is 5. The Morgan fingerprint density at radius 1 is 1.07 bits per heavy atom. The molecule has 0 aromatic heterocycles. The van der Waals surface area contributed by atoms with Crippen molar-refractivity contribution >= 4 is 23.7 Å². The number of carbonyl (C=O) groups excluding carboxylic acids is 2. The standard InChI is InChI=1S/C38H64FNO3S/c1-26(2)11-9-10-12-27-14-16-31-30-15-13-28-23-29(17-19-38(28,8)32(30)18-20-37(27,31)7)44-25-34(42)40-35(3,4)21-22-43-36(5,6)24-33(39)41/h13,26-27,29-32H,9-12,14-25H2,1-8H3,(H,40,42). The van der Waals surface area contributed by atoms with Crippen molar-refractivity contribution in [3.05, 3.63) is 11.6 Å². The molecule has 4 aliphatic rings. The Morgan fingerprint density at radius 2 is 1.82 bits per heavy atom. The third-order valence-corrected chi connectivity index (χ3v) is 13.9. The average molecular weight is 634 g/mol. The fourth-order valence-corrected chi connectivity index (χ4v) is 11.0. The van der Waals surface area contributed by atoms with Crippen LogP contribution in [-0.2, 0) is 14.3 Å². The molecule has 4 nitrogen and oxygen atoms in total. The van der Waals surface area contributed by atoms with Gasteiger partial charge in [0.15, 0.2) is 0 Å². The van der Waals surface area contributed by atoms with Crippen LogP contribution in [0.5, 0.6) is 0 Å². The fourth-order valence-electron chi connectivity index (χ4n) is 9.93. The Morgan fingerprint density at radius 3 is 2.52 bits per heavy atom. The van der Waals surface area contributed by atoms with E-state index in [-0.39, 0.29) is 12.3 Å². The van der Waals surface area contributed by atoms with Crippen molar-refractivity contribution in [2.45, 2.75) is 162 Å². The molecule has 4 aliphatic carbocycles. The number of thioether (sulfide) groups is 1. The maximum absolute atomic E-state index is 12.9. The number of halogens is 1. The predicted molar refractivity (Wildman–Crippen MR) is 182 cm³/mol. The number of carbonyl (C=O) groups is 2. The summed E-state index contributed by atoms with van der Waals surface area (Å²) in [6.45, 7) is 17.8. The van der Waals surface area contributed by atoms with Crippen molar-refractivity contribution < 1.29 is 18.7 Å². The van der Waals surface area contributed by atoms with Crippen molar-refractivity contribution in [1.29, 1.82) is 0 Å². The highest BCUT2D eigenvalue weighted by molar-refractivity contribution is 8.00. The Kier molecular flexibility index (Phi) is 11.8. The van der Waals surface area contributed by atoms with E-state index in [4.69, 9.17) is 4.74 Å². The molecule has 0 heterocycles. The van der Waals surface area contributed by atoms with Crippen LogP contribution in [0.4, 0.5) is 4.39 Å². The first-order chi connectivity index (χ1) is 20.5. The molecule has 0 saturated heterocycles. The van der Waals surface area contributed by atoms with E-state index in [0.29, 0.717) is 34.9 Å². The summed E-state index contributed by atoms with van der Waals surface area (Å²) < 4.78 is 18.6. The number of rotatable bonds is 15. The summed E-state index contributed by atoms with van der Waals surface area (Å²) in [6.07, 6.45) is 19.3. The van der Waals surface area contributed by atoms with Crippen LogP contribution in [0.1, 0.15) is 145 Å². The second-order valence-electron chi connectivity index (χ2n) is 17.3. The molecule has 0 bridgehead atoms. The molecule has 0 spiro atoms. The highest BCUT2D eigenvalue weighted by Crippen LogP contribution is 2.67. The van der Waals surface area contributed by atoms with E-state index in [0.717, 1.165) is 36.0 Å². The number of nitrogens with one attached hydrogen (secondary N) is 1. The Balaban J connectivity index is 1.25. The van der Waals surface area contributed by atoms with Gasteiger partial charge in [-0.25, -0.2) is 0 Å². The molecule has 1 amide bonds. The van der Waals surface area contributed by atoms with Gasteiger partial charge in [-0.15, -0.1) is 11.8 Å². The quantitative estimate of drug-likeness (QED) is 0.111. The second-order valence-corrected chi connectivity index (χ2v) is 18.5. The lowest BCUT2D eigenvalue weighted by Gasteiger charge is -2.58. The minimum atomic E-state index is -1.36. The van der Waals surface area contributed by atoms with Crippen LogP contribution in [0.2, 0.25) is 0 Å². The van der Waals surface area contributed by atoms with Crippen LogP contribution < -0.4 is 5.32 Å². The Labute approximate surface area is 273 Å². The SMILES string of the molecule is CC(C)CCCCC1CCC2C3CC=C4CC(SCC(=O)NC(C)(C)CCOC(C)(C)CC(=O)F)CCC4(C)C3CCC12C. The molecular weight excluding hydrogens is 569 g/mol. The zero-order chi connectivity index (χ0) is 32.3. The second kappa shape index (κ2) is 14.5. The molecule has 1 N–H and O–H groups in total. The average Bonchev–Trinajstić information content (AvgIpc) is 3.24. The monoisotopic (exact) mass is 633 g/mol. The smallest absolute Gasteiger partial charge is 0.304 e. The predicted octanol–water partition coefficient (Wildman–Crippen LogP) is 9.85. The number of amides is 1. The van der Waals surface area contributed by atoms with E-state index in [2.05, 4.69) is 39.1 Å². The van der Waals surface area contributed by atoms with Crippen molar-refractivity contribution in [3.8, 4) is 0 Å². The van der Waals surface area contributed by atoms with Gasteiger partial charge in [-0.1, -0.05) is 58.6 Å². The first-order valence-corrected chi connectivity index (χ1v) is 19.0. The summed E-state index contributed by atoms with van der Waals surface area (Å²) in [5, 5.41) is 3.69. The molecule has 6 heteroatoms. The van der Waals surface area contributed by atoms with Gasteiger partial charge in [-0.2, -0.15) is 4.39 Å². The summed E-state index contributed by atoms with van der Waals surface area (Å²) in [5.41, 5.74) is 1.34. The Bertz CT molecular complexity index is 1040. The summed E-state index contributed by atoms with van der Waals surface area (Å²) in [6, 6.07) is -1.36. The molecular formula is C38H64FNO3S. The topological polar surface area (TPSA) is 55.4 Å². The van der Waals surface area contributed by atoms with Gasteiger partial charge in [0.25, 0.3) is 0 Å². The Hall–Kier alpha value is -0.880. The van der Waals surface area contributed by atoms with Crippen LogP contribution in [0, 0.1) is 40.4 Å². The van der Waals surface area contributed by atoms with E-state index >= 15 is 0 Å². The van der Waals surface area contributed by atoms with Crippen molar-refractivity contribution in [2.75, 3.05) is 12.4 Å². The number of ether oxygens (including phenoxy) is 1. The van der Waals surface area contributed by atoms with Gasteiger partial charge in [0.05, 0.1) is 17.8 Å². The third-order valence-electron chi connectivity index (χ3n) is 12.6. The van der Waals surface area contributed by atoms with Gasteiger partial charge >= 0.3 is 6.04 Å². The van der Waals surface area contributed by atoms with Gasteiger partial charge in [0.2, 0.25) is 5.91 Å². The van der Waals surface area contributed by atoms with Crippen molar-refractivity contribution in [3.63, 3.8) is 0 Å². The van der Waals surface area contributed by atoms with Crippen LogP contribution in [0.3, 0.4) is 0 Å². The van der Waals surface area contributed by atoms with E-state index < -0.39 is 17.2 Å². The zero-order valence-corrected chi connectivity index (χ0v) is 30.2. The molecule has 0 radical (unpaired) electrons. The molecule has 0 aromatic carbocycles. The zero-order valence-electron chi connectivity index (χ0n) is 29.4. The first kappa shape index (κ1) is 36.0. The lowest BCUT2D eigenvalue weighted by Crippen LogP contribution is -2.50. The minimum Gasteiger partial charge on any atom is -0.375 e. The van der Waals surface area contributed by atoms with E-state index in [1.165, 1.54) is 70.6 Å². The first-order valence-electron chi connectivity index (χ1n) is 18.0. The maximum Gasteiger partial charge on any atom is 0.304 e. The molecule has 3 fully saturated rings. The summed E-state index contributed by atoms with van der Waals surface area (Å²) >= 11 is 1.83. The molecule has 7 unspecified atom stereocenters. The summed E-state index contributed by atoms with van der Waals surface area (Å²) in [5.74, 6) is 4.93. The van der Waals surface area contributed by atoms with Gasteiger partial charge in [0.1, 0.15) is 0 Å². The van der Waals surface area contributed by atoms with Crippen LogP contribution in [0.25, 0.3) is 0 Å². The number of hydrogen-bond donors (Lipinski definition) is 1. The summed E-state index contributed by atoms with van der Waals surface area (Å²) in [7, 11) is 0. The van der Waals surface area contributed by atoms with Crippen molar-refractivity contribution in [1.82, 2.24) is 5.32 Å². The van der Waals surface area contributed by atoms with E-state index in [1.54, 1.807) is 19.4 Å². The molecule has 252 valence electrons. The molecule has 0 aliphatic heterocycles.